The van der Waals surface area contributed by atoms with Crippen LogP contribution in [0.1, 0.15) is 19.3 Å². The minimum Gasteiger partial charge on any atom is -0.316 e. The zero-order chi connectivity index (χ0) is 8.67. The third kappa shape index (κ3) is 1.62. The van der Waals surface area contributed by atoms with Crippen LogP contribution >= 0.6 is 0 Å². The van der Waals surface area contributed by atoms with E-state index in [2.05, 4.69) is 10.2 Å². The van der Waals surface area contributed by atoms with Gasteiger partial charge in [0, 0.05) is 19.6 Å². The molecule has 13 heavy (non-hydrogen) atoms. The molecular weight excluding hydrogens is 160 g/mol. The molecule has 3 heterocycles. The van der Waals surface area contributed by atoms with Crippen molar-refractivity contribution in [3.63, 3.8) is 0 Å². The molecule has 1 unspecified atom stereocenters. The second-order valence-corrected chi connectivity index (χ2v) is 5.28. The van der Waals surface area contributed by atoms with E-state index in [0.29, 0.717) is 0 Å². The number of nitrogens with one attached hydrogen (secondary N) is 1. The fourth-order valence-corrected chi connectivity index (χ4v) is 3.36. The number of fused-ring (bicyclic) bond motifs is 2. The summed E-state index contributed by atoms with van der Waals surface area (Å²) >= 11 is 0. The maximum Gasteiger partial charge on any atom is 0.00225 e. The van der Waals surface area contributed by atoms with Crippen LogP contribution in [0, 0.1) is 17.8 Å². The fourth-order valence-electron chi connectivity index (χ4n) is 3.36. The summed E-state index contributed by atoms with van der Waals surface area (Å²) in [6, 6.07) is 0. The molecule has 1 atom stereocenters. The van der Waals surface area contributed by atoms with Crippen molar-refractivity contribution in [2.75, 3.05) is 32.7 Å². The standard InChI is InChI=1S/C11H20N2/c1-2-12-5-9(1)6-13-7-10-3-11(4-10)8-13/h9-12H,1-8H2. The highest BCUT2D eigenvalue weighted by Crippen LogP contribution is 2.39. The molecule has 2 bridgehead atoms. The molecule has 3 saturated heterocycles. The molecule has 0 spiro atoms. The lowest BCUT2D eigenvalue weighted by atomic mass is 9.71. The van der Waals surface area contributed by atoms with Crippen molar-refractivity contribution < 1.29 is 0 Å². The van der Waals surface area contributed by atoms with E-state index in [4.69, 9.17) is 0 Å². The molecule has 2 heteroatoms. The van der Waals surface area contributed by atoms with Crippen molar-refractivity contribution in [3.8, 4) is 0 Å². The van der Waals surface area contributed by atoms with E-state index in [1.807, 2.05) is 0 Å². The van der Waals surface area contributed by atoms with Crippen LogP contribution in [0.4, 0.5) is 0 Å². The van der Waals surface area contributed by atoms with Gasteiger partial charge in [0.1, 0.15) is 0 Å². The maximum atomic E-state index is 3.46. The molecule has 0 aromatic rings. The first-order valence-corrected chi connectivity index (χ1v) is 5.83. The van der Waals surface area contributed by atoms with Gasteiger partial charge in [0.05, 0.1) is 0 Å². The highest BCUT2D eigenvalue weighted by molar-refractivity contribution is 4.90. The number of rotatable bonds is 2. The van der Waals surface area contributed by atoms with E-state index < -0.39 is 0 Å². The summed E-state index contributed by atoms with van der Waals surface area (Å²) in [6.07, 6.45) is 4.49. The lowest BCUT2D eigenvalue weighted by Crippen LogP contribution is -2.50. The summed E-state index contributed by atoms with van der Waals surface area (Å²) in [5, 5.41) is 3.46. The van der Waals surface area contributed by atoms with Crippen molar-refractivity contribution >= 4 is 0 Å². The van der Waals surface area contributed by atoms with Gasteiger partial charge in [-0.3, -0.25) is 0 Å². The Labute approximate surface area is 80.7 Å². The molecule has 3 aliphatic heterocycles. The summed E-state index contributed by atoms with van der Waals surface area (Å²) in [5.74, 6) is 3.11. The van der Waals surface area contributed by atoms with Crippen LogP contribution in [0.3, 0.4) is 0 Å². The van der Waals surface area contributed by atoms with Gasteiger partial charge in [0.15, 0.2) is 0 Å². The Morgan fingerprint density at radius 2 is 1.92 bits per heavy atom. The van der Waals surface area contributed by atoms with E-state index in [1.54, 1.807) is 12.8 Å². The van der Waals surface area contributed by atoms with Crippen molar-refractivity contribution in [1.29, 1.82) is 0 Å². The monoisotopic (exact) mass is 180 g/mol. The molecule has 2 nitrogen and oxygen atoms in total. The average Bonchev–Trinajstić information content (AvgIpc) is 2.55. The van der Waals surface area contributed by atoms with E-state index >= 15 is 0 Å². The minimum atomic E-state index is 0.956. The highest BCUT2D eigenvalue weighted by Gasteiger charge is 2.37. The molecule has 0 radical (unpaired) electrons. The summed E-state index contributed by atoms with van der Waals surface area (Å²) in [6.45, 7) is 6.72. The molecule has 0 aromatic carbocycles. The zero-order valence-corrected chi connectivity index (χ0v) is 8.34. The molecule has 4 aliphatic rings. The first-order chi connectivity index (χ1) is 6.40. The molecule has 0 amide bonds. The second kappa shape index (κ2) is 3.25. The van der Waals surface area contributed by atoms with Crippen LogP contribution < -0.4 is 5.32 Å². The van der Waals surface area contributed by atoms with Gasteiger partial charge in [-0.2, -0.15) is 0 Å². The van der Waals surface area contributed by atoms with Gasteiger partial charge in [0.25, 0.3) is 0 Å². The van der Waals surface area contributed by atoms with Crippen LogP contribution in [0.15, 0.2) is 0 Å². The van der Waals surface area contributed by atoms with Crippen molar-refractivity contribution in [1.82, 2.24) is 10.2 Å². The predicted molar refractivity (Wildman–Crippen MR) is 53.6 cm³/mol. The quantitative estimate of drug-likeness (QED) is 0.680. The Hall–Kier alpha value is -0.0800. The number of hydrogen-bond donors (Lipinski definition) is 1. The van der Waals surface area contributed by atoms with Crippen LogP contribution in [0.25, 0.3) is 0 Å². The van der Waals surface area contributed by atoms with Gasteiger partial charge >= 0.3 is 0 Å². The summed E-state index contributed by atoms with van der Waals surface area (Å²) in [5.41, 5.74) is 0. The average molecular weight is 180 g/mol. The molecular formula is C11H20N2. The predicted octanol–water partition coefficient (Wildman–Crippen LogP) is 0.938. The smallest absolute Gasteiger partial charge is 0.00225 e. The molecule has 1 N–H and O–H groups in total. The minimum absolute atomic E-state index is 0.956. The molecule has 4 fully saturated rings. The van der Waals surface area contributed by atoms with Gasteiger partial charge in [-0.15, -0.1) is 0 Å². The lowest BCUT2D eigenvalue weighted by Gasteiger charge is -2.47. The van der Waals surface area contributed by atoms with Crippen LogP contribution in [0.2, 0.25) is 0 Å². The fraction of sp³-hybridized carbons (Fsp3) is 1.00. The van der Waals surface area contributed by atoms with Gasteiger partial charge < -0.3 is 10.2 Å². The molecule has 1 saturated carbocycles. The molecule has 74 valence electrons. The maximum absolute atomic E-state index is 3.46. The Bertz CT molecular complexity index is 171. The van der Waals surface area contributed by atoms with Gasteiger partial charge in [-0.1, -0.05) is 0 Å². The Morgan fingerprint density at radius 1 is 1.15 bits per heavy atom. The van der Waals surface area contributed by atoms with E-state index in [-0.39, 0.29) is 0 Å². The van der Waals surface area contributed by atoms with E-state index in [1.165, 1.54) is 39.1 Å². The third-order valence-corrected chi connectivity index (χ3v) is 4.04. The van der Waals surface area contributed by atoms with E-state index in [9.17, 15) is 0 Å². The zero-order valence-electron chi connectivity index (χ0n) is 8.34. The largest absolute Gasteiger partial charge is 0.316 e. The Kier molecular flexibility index (Phi) is 2.06. The molecule has 4 rings (SSSR count). The number of piperidine rings is 2. The van der Waals surface area contributed by atoms with Crippen LogP contribution in [0.5, 0.6) is 0 Å². The normalized spacial score (nSPS) is 44.8. The van der Waals surface area contributed by atoms with Crippen molar-refractivity contribution in [2.45, 2.75) is 19.3 Å². The molecule has 0 aromatic heterocycles. The van der Waals surface area contributed by atoms with Gasteiger partial charge in [0.2, 0.25) is 0 Å². The van der Waals surface area contributed by atoms with Crippen molar-refractivity contribution in [2.24, 2.45) is 17.8 Å². The number of hydrogen-bond acceptors (Lipinski definition) is 2. The first-order valence-electron chi connectivity index (χ1n) is 5.83. The molecule has 1 aliphatic carbocycles. The highest BCUT2D eigenvalue weighted by atomic mass is 15.2. The lowest BCUT2D eigenvalue weighted by molar-refractivity contribution is 0.0201. The second-order valence-electron chi connectivity index (χ2n) is 5.28. The van der Waals surface area contributed by atoms with E-state index in [0.717, 1.165) is 17.8 Å². The summed E-state index contributed by atoms with van der Waals surface area (Å²) in [7, 11) is 0. The topological polar surface area (TPSA) is 15.3 Å². The Morgan fingerprint density at radius 3 is 2.54 bits per heavy atom. The number of nitrogens with zero attached hydrogens (tertiary/aromatic N) is 1. The van der Waals surface area contributed by atoms with Crippen LogP contribution in [-0.4, -0.2) is 37.6 Å². The van der Waals surface area contributed by atoms with Crippen LogP contribution in [-0.2, 0) is 0 Å². The first kappa shape index (κ1) is 8.25. The SMILES string of the molecule is C1CC(CN2CC3CC(C3)C2)CN1. The van der Waals surface area contributed by atoms with Crippen molar-refractivity contribution in [3.05, 3.63) is 0 Å². The Balaban J connectivity index is 1.49. The summed E-state index contributed by atoms with van der Waals surface area (Å²) in [4.78, 5) is 2.72. The third-order valence-electron chi connectivity index (χ3n) is 4.04. The van der Waals surface area contributed by atoms with Gasteiger partial charge in [-0.25, -0.2) is 0 Å². The van der Waals surface area contributed by atoms with Gasteiger partial charge in [-0.05, 0) is 50.1 Å². The summed E-state index contributed by atoms with van der Waals surface area (Å²) < 4.78 is 0.